The van der Waals surface area contributed by atoms with E-state index < -0.39 is 0 Å². The zero-order chi connectivity index (χ0) is 11.7. The Morgan fingerprint density at radius 2 is 1.88 bits per heavy atom. The normalized spacial score (nSPS) is 15.8. The maximum Gasteiger partial charge on any atom is 0.0403 e. The molecule has 0 aromatic heterocycles. The van der Waals surface area contributed by atoms with Crippen LogP contribution in [0.2, 0.25) is 0 Å². The molecule has 0 bridgehead atoms. The molecule has 0 aliphatic carbocycles. The van der Waals surface area contributed by atoms with Gasteiger partial charge in [-0.05, 0) is 49.8 Å². The monoisotopic (exact) mass is 217 g/mol. The van der Waals surface area contributed by atoms with E-state index in [1.807, 2.05) is 0 Å². The van der Waals surface area contributed by atoms with E-state index in [2.05, 4.69) is 50.8 Å². The second-order valence-electron chi connectivity index (χ2n) is 5.39. The van der Waals surface area contributed by atoms with E-state index in [0.29, 0.717) is 12.0 Å². The Bertz CT molecular complexity index is 366. The first-order chi connectivity index (χ1) is 7.61. The van der Waals surface area contributed by atoms with Crippen LogP contribution in [0.15, 0.2) is 18.2 Å². The summed E-state index contributed by atoms with van der Waals surface area (Å²) in [5.74, 6) is 0.641. The molecule has 1 heterocycles. The molecule has 0 saturated carbocycles. The Morgan fingerprint density at radius 1 is 1.12 bits per heavy atom. The van der Waals surface area contributed by atoms with Gasteiger partial charge in [0.1, 0.15) is 0 Å². The molecule has 1 aromatic carbocycles. The Balaban J connectivity index is 2.46. The average Bonchev–Trinajstić information content (AvgIpc) is 2.27. The molecule has 1 nitrogen and oxygen atoms in total. The largest absolute Gasteiger partial charge is 0.369 e. The van der Waals surface area contributed by atoms with E-state index in [0.717, 1.165) is 0 Å². The molecule has 0 unspecified atom stereocenters. The third kappa shape index (κ3) is 1.95. The summed E-state index contributed by atoms with van der Waals surface area (Å²) < 4.78 is 0. The van der Waals surface area contributed by atoms with Gasteiger partial charge in [0, 0.05) is 18.3 Å². The van der Waals surface area contributed by atoms with Gasteiger partial charge in [-0.2, -0.15) is 0 Å². The lowest BCUT2D eigenvalue weighted by atomic mass is 9.90. The van der Waals surface area contributed by atoms with Crippen molar-refractivity contribution in [2.45, 2.75) is 52.5 Å². The third-order valence-electron chi connectivity index (χ3n) is 3.57. The minimum Gasteiger partial charge on any atom is -0.369 e. The number of fused-ring (bicyclic) bond motifs is 1. The minimum absolute atomic E-state index is 0.612. The van der Waals surface area contributed by atoms with Crippen molar-refractivity contribution in [1.29, 1.82) is 0 Å². The van der Waals surface area contributed by atoms with Crippen LogP contribution in [0.4, 0.5) is 5.69 Å². The molecule has 0 spiro atoms. The summed E-state index contributed by atoms with van der Waals surface area (Å²) in [5, 5.41) is 0. The molecule has 1 aliphatic heterocycles. The number of rotatable bonds is 2. The quantitative estimate of drug-likeness (QED) is 0.724. The highest BCUT2D eigenvalue weighted by molar-refractivity contribution is 5.59. The molecule has 0 amide bonds. The molecule has 16 heavy (non-hydrogen) atoms. The van der Waals surface area contributed by atoms with Gasteiger partial charge in [0.2, 0.25) is 0 Å². The summed E-state index contributed by atoms with van der Waals surface area (Å²) in [6, 6.07) is 7.42. The van der Waals surface area contributed by atoms with Gasteiger partial charge in [-0.15, -0.1) is 0 Å². The molecule has 88 valence electrons. The summed E-state index contributed by atoms with van der Waals surface area (Å²) in [6.07, 6.45) is 2.56. The SMILES string of the molecule is CC(C)c1cccc2c1CCCN2C(C)C. The number of benzene rings is 1. The van der Waals surface area contributed by atoms with Crippen molar-refractivity contribution in [3.8, 4) is 0 Å². The number of hydrogen-bond acceptors (Lipinski definition) is 1. The van der Waals surface area contributed by atoms with Gasteiger partial charge >= 0.3 is 0 Å². The summed E-state index contributed by atoms with van der Waals surface area (Å²) in [7, 11) is 0. The summed E-state index contributed by atoms with van der Waals surface area (Å²) in [6.45, 7) is 10.4. The predicted octanol–water partition coefficient (Wildman–Crippen LogP) is 3.97. The van der Waals surface area contributed by atoms with Gasteiger partial charge in [-0.25, -0.2) is 0 Å². The van der Waals surface area contributed by atoms with Crippen molar-refractivity contribution in [2.24, 2.45) is 0 Å². The van der Waals surface area contributed by atoms with Crippen LogP contribution in [-0.2, 0) is 6.42 Å². The van der Waals surface area contributed by atoms with Crippen molar-refractivity contribution in [1.82, 2.24) is 0 Å². The van der Waals surface area contributed by atoms with E-state index in [1.165, 1.54) is 25.1 Å². The van der Waals surface area contributed by atoms with Crippen molar-refractivity contribution >= 4 is 5.69 Å². The van der Waals surface area contributed by atoms with E-state index in [9.17, 15) is 0 Å². The second-order valence-corrected chi connectivity index (χ2v) is 5.39. The summed E-state index contributed by atoms with van der Waals surface area (Å²) in [5.41, 5.74) is 4.62. The Hall–Kier alpha value is -0.980. The summed E-state index contributed by atoms with van der Waals surface area (Å²) in [4.78, 5) is 2.55. The van der Waals surface area contributed by atoms with E-state index in [4.69, 9.17) is 0 Å². The molecule has 0 saturated heterocycles. The fourth-order valence-electron chi connectivity index (χ4n) is 2.76. The highest BCUT2D eigenvalue weighted by Crippen LogP contribution is 2.34. The van der Waals surface area contributed by atoms with Gasteiger partial charge in [0.15, 0.2) is 0 Å². The summed E-state index contributed by atoms with van der Waals surface area (Å²) >= 11 is 0. The average molecular weight is 217 g/mol. The number of anilines is 1. The molecular formula is C15H23N. The molecule has 0 radical (unpaired) electrons. The van der Waals surface area contributed by atoms with E-state index >= 15 is 0 Å². The highest BCUT2D eigenvalue weighted by Gasteiger charge is 2.21. The Morgan fingerprint density at radius 3 is 2.50 bits per heavy atom. The number of nitrogens with zero attached hydrogens (tertiary/aromatic N) is 1. The van der Waals surface area contributed by atoms with Crippen LogP contribution < -0.4 is 4.90 Å². The maximum atomic E-state index is 2.55. The molecule has 1 heteroatoms. The molecule has 2 rings (SSSR count). The van der Waals surface area contributed by atoms with Gasteiger partial charge in [0.25, 0.3) is 0 Å². The third-order valence-corrected chi connectivity index (χ3v) is 3.57. The van der Waals surface area contributed by atoms with Crippen LogP contribution in [0.3, 0.4) is 0 Å². The van der Waals surface area contributed by atoms with Crippen LogP contribution in [-0.4, -0.2) is 12.6 Å². The van der Waals surface area contributed by atoms with Crippen molar-refractivity contribution < 1.29 is 0 Å². The molecule has 1 aliphatic rings. The minimum atomic E-state index is 0.612. The first-order valence-electron chi connectivity index (χ1n) is 6.49. The van der Waals surface area contributed by atoms with E-state index in [1.54, 1.807) is 11.1 Å². The first-order valence-corrected chi connectivity index (χ1v) is 6.49. The van der Waals surface area contributed by atoms with Crippen LogP contribution in [0.25, 0.3) is 0 Å². The molecule has 0 atom stereocenters. The topological polar surface area (TPSA) is 3.24 Å². The molecule has 0 fully saturated rings. The first kappa shape index (κ1) is 11.5. The van der Waals surface area contributed by atoms with Gasteiger partial charge in [-0.1, -0.05) is 26.0 Å². The fourth-order valence-corrected chi connectivity index (χ4v) is 2.76. The lowest BCUT2D eigenvalue weighted by molar-refractivity contribution is 0.620. The standard InChI is InChI=1S/C15H23N/c1-11(2)13-7-5-9-15-14(13)8-6-10-16(15)12(3)4/h5,7,9,11-12H,6,8,10H2,1-4H3. The van der Waals surface area contributed by atoms with Crippen molar-refractivity contribution in [3.63, 3.8) is 0 Å². The zero-order valence-corrected chi connectivity index (χ0v) is 11.0. The lowest BCUT2D eigenvalue weighted by Crippen LogP contribution is -2.35. The maximum absolute atomic E-state index is 2.55. The molecule has 1 aromatic rings. The lowest BCUT2D eigenvalue weighted by Gasteiger charge is -2.36. The smallest absolute Gasteiger partial charge is 0.0403 e. The van der Waals surface area contributed by atoms with Crippen molar-refractivity contribution in [3.05, 3.63) is 29.3 Å². The van der Waals surface area contributed by atoms with E-state index in [-0.39, 0.29) is 0 Å². The number of hydrogen-bond donors (Lipinski definition) is 0. The molecular weight excluding hydrogens is 194 g/mol. The van der Waals surface area contributed by atoms with Crippen molar-refractivity contribution in [2.75, 3.05) is 11.4 Å². The van der Waals surface area contributed by atoms with Crippen LogP contribution >= 0.6 is 0 Å². The Kier molecular flexibility index (Phi) is 3.22. The highest BCUT2D eigenvalue weighted by atomic mass is 15.2. The van der Waals surface area contributed by atoms with Crippen LogP contribution in [0.5, 0.6) is 0 Å². The fraction of sp³-hybridized carbons (Fsp3) is 0.600. The predicted molar refractivity (Wildman–Crippen MR) is 71.3 cm³/mol. The van der Waals surface area contributed by atoms with Gasteiger partial charge in [-0.3, -0.25) is 0 Å². The molecule has 0 N–H and O–H groups in total. The second kappa shape index (κ2) is 4.48. The van der Waals surface area contributed by atoms with Crippen LogP contribution in [0, 0.1) is 0 Å². The van der Waals surface area contributed by atoms with Gasteiger partial charge in [0.05, 0.1) is 0 Å². The van der Waals surface area contributed by atoms with Gasteiger partial charge < -0.3 is 4.90 Å². The zero-order valence-electron chi connectivity index (χ0n) is 11.0. The van der Waals surface area contributed by atoms with Crippen LogP contribution in [0.1, 0.15) is 51.2 Å². The Labute approximate surface area is 99.5 Å².